The maximum atomic E-state index is 5.75. The Kier molecular flexibility index (Phi) is 2.83. The minimum Gasteiger partial charge on any atom is -0.331 e. The molecule has 96 valence electrons. The molecule has 5 nitrogen and oxygen atoms in total. The number of benzene rings is 1. The molecule has 19 heavy (non-hydrogen) atoms. The molecule has 1 N–H and O–H groups in total. The second kappa shape index (κ2) is 4.51. The Balaban J connectivity index is 1.95. The number of halogens is 1. The van der Waals surface area contributed by atoms with Gasteiger partial charge in [0.05, 0.1) is 28.4 Å². The van der Waals surface area contributed by atoms with Crippen molar-refractivity contribution < 1.29 is 0 Å². The third kappa shape index (κ3) is 2.24. The van der Waals surface area contributed by atoms with Crippen LogP contribution in [-0.2, 0) is 7.05 Å². The molecule has 3 aromatic rings. The summed E-state index contributed by atoms with van der Waals surface area (Å²) in [6.07, 6.45) is 3.11. The number of hydrogen-bond acceptors (Lipinski definition) is 4. The van der Waals surface area contributed by atoms with Crippen molar-refractivity contribution in [3.05, 3.63) is 41.4 Å². The second-order valence-corrected chi connectivity index (χ2v) is 4.71. The van der Waals surface area contributed by atoms with Gasteiger partial charge in [0.25, 0.3) is 0 Å². The van der Waals surface area contributed by atoms with Crippen molar-refractivity contribution >= 4 is 34.3 Å². The molecule has 0 unspecified atom stereocenters. The lowest BCUT2D eigenvalue weighted by Gasteiger charge is -2.04. The molecule has 0 spiro atoms. The van der Waals surface area contributed by atoms with Crippen LogP contribution in [0.1, 0.15) is 5.82 Å². The van der Waals surface area contributed by atoms with E-state index in [1.54, 1.807) is 12.4 Å². The average molecular weight is 274 g/mol. The van der Waals surface area contributed by atoms with Gasteiger partial charge < -0.3 is 9.88 Å². The van der Waals surface area contributed by atoms with Crippen LogP contribution in [-0.4, -0.2) is 19.5 Å². The highest BCUT2D eigenvalue weighted by Crippen LogP contribution is 2.21. The van der Waals surface area contributed by atoms with E-state index >= 15 is 0 Å². The van der Waals surface area contributed by atoms with Crippen LogP contribution in [0, 0.1) is 6.92 Å². The summed E-state index contributed by atoms with van der Waals surface area (Å²) in [6, 6.07) is 5.97. The fourth-order valence-electron chi connectivity index (χ4n) is 1.90. The second-order valence-electron chi connectivity index (χ2n) is 4.27. The molecule has 2 aromatic heterocycles. The van der Waals surface area contributed by atoms with Crippen LogP contribution in [0.25, 0.3) is 11.0 Å². The van der Waals surface area contributed by atoms with E-state index in [1.807, 2.05) is 32.2 Å². The SMILES string of the molecule is Cc1nc2cc(Nc3ncc(Cl)cn3)ccc2n1C. The first-order valence-electron chi connectivity index (χ1n) is 5.81. The third-order valence-corrected chi connectivity index (χ3v) is 3.18. The molecule has 1 aromatic carbocycles. The summed E-state index contributed by atoms with van der Waals surface area (Å²) in [5.41, 5.74) is 2.94. The molecule has 0 saturated carbocycles. The van der Waals surface area contributed by atoms with Crippen LogP contribution in [0.4, 0.5) is 11.6 Å². The summed E-state index contributed by atoms with van der Waals surface area (Å²) in [5.74, 6) is 1.49. The largest absolute Gasteiger partial charge is 0.331 e. The highest BCUT2D eigenvalue weighted by molar-refractivity contribution is 6.30. The highest BCUT2D eigenvalue weighted by atomic mass is 35.5. The number of rotatable bonds is 2. The minimum absolute atomic E-state index is 0.511. The summed E-state index contributed by atoms with van der Waals surface area (Å²) in [4.78, 5) is 12.7. The van der Waals surface area contributed by atoms with Gasteiger partial charge in [0.15, 0.2) is 0 Å². The summed E-state index contributed by atoms with van der Waals surface area (Å²) < 4.78 is 2.05. The fourth-order valence-corrected chi connectivity index (χ4v) is 2.00. The van der Waals surface area contributed by atoms with Gasteiger partial charge in [-0.2, -0.15) is 0 Å². The maximum absolute atomic E-state index is 5.75. The Labute approximate surface area is 115 Å². The number of anilines is 2. The van der Waals surface area contributed by atoms with Gasteiger partial charge in [-0.3, -0.25) is 0 Å². The van der Waals surface area contributed by atoms with Crippen LogP contribution >= 0.6 is 11.6 Å². The van der Waals surface area contributed by atoms with Crippen LogP contribution in [0.2, 0.25) is 5.02 Å². The van der Waals surface area contributed by atoms with E-state index in [4.69, 9.17) is 11.6 Å². The summed E-state index contributed by atoms with van der Waals surface area (Å²) in [6.45, 7) is 1.98. The highest BCUT2D eigenvalue weighted by Gasteiger charge is 2.05. The molecule has 0 atom stereocenters. The molecule has 0 radical (unpaired) electrons. The first kappa shape index (κ1) is 11.9. The van der Waals surface area contributed by atoms with Gasteiger partial charge in [-0.15, -0.1) is 0 Å². The average Bonchev–Trinajstić information content (AvgIpc) is 2.68. The van der Waals surface area contributed by atoms with E-state index in [2.05, 4.69) is 24.8 Å². The topological polar surface area (TPSA) is 55.6 Å². The predicted octanol–water partition coefficient (Wildman–Crippen LogP) is 3.07. The molecule has 0 bridgehead atoms. The van der Waals surface area contributed by atoms with Gasteiger partial charge >= 0.3 is 0 Å². The first-order valence-corrected chi connectivity index (χ1v) is 6.19. The number of nitrogens with one attached hydrogen (secondary N) is 1. The third-order valence-electron chi connectivity index (χ3n) is 2.98. The van der Waals surface area contributed by atoms with Crippen molar-refractivity contribution in [1.29, 1.82) is 0 Å². The number of imidazole rings is 1. The number of nitrogens with zero attached hydrogens (tertiary/aromatic N) is 4. The molecule has 3 rings (SSSR count). The summed E-state index contributed by atoms with van der Waals surface area (Å²) in [7, 11) is 2.00. The van der Waals surface area contributed by atoms with Gasteiger partial charge in [0, 0.05) is 12.7 Å². The molecule has 6 heteroatoms. The van der Waals surface area contributed by atoms with Crippen molar-refractivity contribution in [3.63, 3.8) is 0 Å². The van der Waals surface area contributed by atoms with Crippen molar-refractivity contribution in [2.24, 2.45) is 7.05 Å². The Morgan fingerprint density at radius 3 is 2.68 bits per heavy atom. The Morgan fingerprint density at radius 1 is 1.21 bits per heavy atom. The van der Waals surface area contributed by atoms with Crippen LogP contribution in [0.3, 0.4) is 0 Å². The van der Waals surface area contributed by atoms with E-state index in [9.17, 15) is 0 Å². The summed E-state index contributed by atoms with van der Waals surface area (Å²) >= 11 is 5.75. The minimum atomic E-state index is 0.511. The molecule has 0 saturated heterocycles. The standard InChI is InChI=1S/C13H12ClN5/c1-8-17-11-5-10(3-4-12(11)19(8)2)18-13-15-6-9(14)7-16-13/h3-7H,1-2H3,(H,15,16,18). The lowest BCUT2D eigenvalue weighted by molar-refractivity contribution is 0.886. The molecular weight excluding hydrogens is 262 g/mol. The molecule has 0 aliphatic carbocycles. The molecular formula is C13H12ClN5. The summed E-state index contributed by atoms with van der Waals surface area (Å²) in [5, 5.41) is 3.64. The van der Waals surface area contributed by atoms with Gasteiger partial charge in [-0.25, -0.2) is 15.0 Å². The number of aryl methyl sites for hydroxylation is 2. The predicted molar refractivity (Wildman–Crippen MR) is 75.8 cm³/mol. The first-order chi connectivity index (χ1) is 9.13. The lowest BCUT2D eigenvalue weighted by Crippen LogP contribution is -1.96. The zero-order valence-corrected chi connectivity index (χ0v) is 11.3. The van der Waals surface area contributed by atoms with E-state index in [0.29, 0.717) is 11.0 Å². The van der Waals surface area contributed by atoms with Gasteiger partial charge in [-0.1, -0.05) is 11.6 Å². The lowest BCUT2D eigenvalue weighted by atomic mass is 10.3. The van der Waals surface area contributed by atoms with Gasteiger partial charge in [0.2, 0.25) is 5.95 Å². The van der Waals surface area contributed by atoms with Crippen LogP contribution in [0.5, 0.6) is 0 Å². The smallest absolute Gasteiger partial charge is 0.227 e. The van der Waals surface area contributed by atoms with E-state index in [0.717, 1.165) is 22.5 Å². The van der Waals surface area contributed by atoms with E-state index in [-0.39, 0.29) is 0 Å². The van der Waals surface area contributed by atoms with Crippen molar-refractivity contribution in [3.8, 4) is 0 Å². The van der Waals surface area contributed by atoms with Crippen LogP contribution < -0.4 is 5.32 Å². The normalized spacial score (nSPS) is 10.9. The number of hydrogen-bond donors (Lipinski definition) is 1. The maximum Gasteiger partial charge on any atom is 0.227 e. The quantitative estimate of drug-likeness (QED) is 0.780. The Bertz CT molecular complexity index is 733. The number of aromatic nitrogens is 4. The Hall–Kier alpha value is -2.14. The Morgan fingerprint density at radius 2 is 1.95 bits per heavy atom. The van der Waals surface area contributed by atoms with Crippen LogP contribution in [0.15, 0.2) is 30.6 Å². The molecule has 0 aliphatic heterocycles. The molecule has 0 fully saturated rings. The van der Waals surface area contributed by atoms with Crippen molar-refractivity contribution in [2.75, 3.05) is 5.32 Å². The zero-order chi connectivity index (χ0) is 13.4. The zero-order valence-electron chi connectivity index (χ0n) is 10.6. The van der Waals surface area contributed by atoms with E-state index in [1.165, 1.54) is 0 Å². The van der Waals surface area contributed by atoms with Gasteiger partial charge in [0.1, 0.15) is 5.82 Å². The van der Waals surface area contributed by atoms with Gasteiger partial charge in [-0.05, 0) is 25.1 Å². The molecule has 0 aliphatic rings. The van der Waals surface area contributed by atoms with Crippen molar-refractivity contribution in [1.82, 2.24) is 19.5 Å². The number of fused-ring (bicyclic) bond motifs is 1. The van der Waals surface area contributed by atoms with Crippen molar-refractivity contribution in [2.45, 2.75) is 6.92 Å². The monoisotopic (exact) mass is 273 g/mol. The fraction of sp³-hybridized carbons (Fsp3) is 0.154. The van der Waals surface area contributed by atoms with E-state index < -0.39 is 0 Å². The molecule has 0 amide bonds. The molecule has 2 heterocycles.